The first kappa shape index (κ1) is 18.5. The van der Waals surface area contributed by atoms with Crippen molar-refractivity contribution in [3.8, 4) is 17.1 Å². The van der Waals surface area contributed by atoms with Crippen LogP contribution in [0.5, 0.6) is 5.75 Å². The van der Waals surface area contributed by atoms with Gasteiger partial charge in [0, 0.05) is 17.7 Å². The predicted molar refractivity (Wildman–Crippen MR) is 108 cm³/mol. The van der Waals surface area contributed by atoms with Crippen LogP contribution < -0.4 is 4.74 Å². The van der Waals surface area contributed by atoms with Gasteiger partial charge in [0.25, 0.3) is 10.0 Å². The summed E-state index contributed by atoms with van der Waals surface area (Å²) in [4.78, 5) is 0.209. The first-order valence-corrected chi connectivity index (χ1v) is 10.6. The summed E-state index contributed by atoms with van der Waals surface area (Å²) in [5, 5.41) is 9.47. The van der Waals surface area contributed by atoms with E-state index in [9.17, 15) is 8.42 Å². The van der Waals surface area contributed by atoms with Gasteiger partial charge in [0.2, 0.25) is 0 Å². The van der Waals surface area contributed by atoms with Gasteiger partial charge in [-0.3, -0.25) is 4.57 Å². The summed E-state index contributed by atoms with van der Waals surface area (Å²) in [7, 11) is -2.08. The van der Waals surface area contributed by atoms with Gasteiger partial charge in [0.1, 0.15) is 10.8 Å². The van der Waals surface area contributed by atoms with Gasteiger partial charge < -0.3 is 4.74 Å². The van der Waals surface area contributed by atoms with Crippen molar-refractivity contribution in [2.45, 2.75) is 16.6 Å². The summed E-state index contributed by atoms with van der Waals surface area (Å²) in [5.74, 6) is 1.34. The molecular weight excluding hydrogens is 396 g/mol. The van der Waals surface area contributed by atoms with Crippen molar-refractivity contribution in [3.05, 3.63) is 66.7 Å². The molecule has 0 N–H and O–H groups in total. The zero-order valence-electron chi connectivity index (χ0n) is 14.9. The maximum absolute atomic E-state index is 12.3. The number of aromatic nitrogens is 3. The number of rotatable bonds is 5. The average Bonchev–Trinajstić information content (AvgIpc) is 3.21. The number of allylic oxidation sites excluding steroid dienone is 1. The van der Waals surface area contributed by atoms with Crippen LogP contribution in [0.25, 0.3) is 11.4 Å². The predicted octanol–water partition coefficient (Wildman–Crippen LogP) is 3.38. The van der Waals surface area contributed by atoms with Gasteiger partial charge in [-0.2, -0.15) is 12.8 Å². The van der Waals surface area contributed by atoms with E-state index in [1.165, 1.54) is 11.8 Å². The van der Waals surface area contributed by atoms with E-state index < -0.39 is 10.0 Å². The molecule has 0 unspecified atom stereocenters. The average molecular weight is 412 g/mol. The molecule has 4 rings (SSSR count). The fourth-order valence-electron chi connectivity index (χ4n) is 2.87. The van der Waals surface area contributed by atoms with Crippen molar-refractivity contribution in [1.82, 2.24) is 14.8 Å². The zero-order valence-corrected chi connectivity index (χ0v) is 16.6. The lowest BCUT2D eigenvalue weighted by Gasteiger charge is -2.08. The number of fused-ring (bicyclic) bond motifs is 1. The van der Waals surface area contributed by atoms with Crippen LogP contribution in [0.4, 0.5) is 0 Å². The number of benzene rings is 2. The Kier molecular flexibility index (Phi) is 4.78. The van der Waals surface area contributed by atoms with Gasteiger partial charge in [-0.05, 0) is 30.0 Å². The Bertz CT molecular complexity index is 1200. The van der Waals surface area contributed by atoms with Gasteiger partial charge in [0.15, 0.2) is 11.0 Å². The Morgan fingerprint density at radius 3 is 2.79 bits per heavy atom. The summed E-state index contributed by atoms with van der Waals surface area (Å²) in [6, 6.07) is 14.3. The summed E-state index contributed by atoms with van der Waals surface area (Å²) < 4.78 is 35.6. The van der Waals surface area contributed by atoms with Crippen molar-refractivity contribution >= 4 is 26.8 Å². The fraction of sp³-hybridized carbons (Fsp3) is 0.105. The molecule has 1 aliphatic heterocycles. The molecule has 7 nitrogen and oxygen atoms in total. The second-order valence-electron chi connectivity index (χ2n) is 5.91. The van der Waals surface area contributed by atoms with Gasteiger partial charge in [-0.15, -0.1) is 16.8 Å². The monoisotopic (exact) mass is 412 g/mol. The minimum atomic E-state index is -3.68. The second-order valence-corrected chi connectivity index (χ2v) is 8.44. The highest BCUT2D eigenvalue weighted by atomic mass is 32.2. The molecule has 2 aromatic carbocycles. The number of hydrogen-bond acceptors (Lipinski definition) is 6. The lowest BCUT2D eigenvalue weighted by Crippen LogP contribution is -2.03. The van der Waals surface area contributed by atoms with Gasteiger partial charge >= 0.3 is 0 Å². The molecule has 0 spiro atoms. The van der Waals surface area contributed by atoms with Crippen LogP contribution in [0.1, 0.15) is 5.56 Å². The first-order valence-electron chi connectivity index (χ1n) is 8.34. The maximum Gasteiger partial charge on any atom is 0.284 e. The molecule has 0 saturated carbocycles. The standard InChI is InChI=1S/C19H16N4O3S2/c1-3-11-23-17(13-7-6-8-14(12-13)26-2)20-21-19(23)27-18-15-9-4-5-10-16(15)28(24,25)22-18/h3-10,12H,1,11H2,2H3. The highest BCUT2D eigenvalue weighted by Crippen LogP contribution is 2.35. The molecule has 0 saturated heterocycles. The Balaban J connectivity index is 1.76. The molecular formula is C19H16N4O3S2. The minimum absolute atomic E-state index is 0.209. The largest absolute Gasteiger partial charge is 0.497 e. The molecule has 0 atom stereocenters. The van der Waals surface area contributed by atoms with E-state index in [1.54, 1.807) is 37.5 Å². The van der Waals surface area contributed by atoms with Gasteiger partial charge in [-0.25, -0.2) is 0 Å². The van der Waals surface area contributed by atoms with Crippen LogP contribution in [0.15, 0.2) is 75.6 Å². The van der Waals surface area contributed by atoms with E-state index in [-0.39, 0.29) is 4.90 Å². The molecule has 0 fully saturated rings. The molecule has 0 amide bonds. The summed E-state index contributed by atoms with van der Waals surface area (Å²) >= 11 is 1.17. The van der Waals surface area contributed by atoms with E-state index in [2.05, 4.69) is 21.2 Å². The molecule has 3 aromatic rings. The molecule has 0 radical (unpaired) electrons. The molecule has 0 bridgehead atoms. The Labute approximate surface area is 166 Å². The number of hydrogen-bond donors (Lipinski definition) is 0. The Hall–Kier alpha value is -2.91. The Morgan fingerprint density at radius 2 is 2.00 bits per heavy atom. The number of thioether (sulfide) groups is 1. The first-order chi connectivity index (χ1) is 13.5. The fourth-order valence-corrected chi connectivity index (χ4v) is 5.30. The van der Waals surface area contributed by atoms with Crippen LogP contribution >= 0.6 is 11.8 Å². The minimum Gasteiger partial charge on any atom is -0.497 e. The molecule has 28 heavy (non-hydrogen) atoms. The quantitative estimate of drug-likeness (QED) is 0.597. The van der Waals surface area contributed by atoms with Crippen LogP contribution in [0.2, 0.25) is 0 Å². The number of methoxy groups -OCH3 is 1. The third-order valence-corrected chi connectivity index (χ3v) is 6.58. The van der Waals surface area contributed by atoms with E-state index in [0.717, 1.165) is 5.56 Å². The van der Waals surface area contributed by atoms with Crippen LogP contribution in [-0.4, -0.2) is 35.3 Å². The van der Waals surface area contributed by atoms with Crippen molar-refractivity contribution in [2.75, 3.05) is 7.11 Å². The van der Waals surface area contributed by atoms with E-state index in [0.29, 0.717) is 33.9 Å². The third kappa shape index (κ3) is 3.23. The van der Waals surface area contributed by atoms with Crippen LogP contribution in [-0.2, 0) is 16.6 Å². The van der Waals surface area contributed by atoms with Crippen molar-refractivity contribution in [2.24, 2.45) is 4.40 Å². The number of nitrogens with zero attached hydrogens (tertiary/aromatic N) is 4. The number of ether oxygens (including phenoxy) is 1. The van der Waals surface area contributed by atoms with E-state index >= 15 is 0 Å². The van der Waals surface area contributed by atoms with Crippen molar-refractivity contribution < 1.29 is 13.2 Å². The highest BCUT2D eigenvalue weighted by Gasteiger charge is 2.30. The zero-order chi connectivity index (χ0) is 19.7. The third-order valence-electron chi connectivity index (χ3n) is 4.14. The second kappa shape index (κ2) is 7.25. The summed E-state index contributed by atoms with van der Waals surface area (Å²) in [5.41, 5.74) is 1.41. The molecule has 2 heterocycles. The van der Waals surface area contributed by atoms with Crippen molar-refractivity contribution in [1.29, 1.82) is 0 Å². The lowest BCUT2D eigenvalue weighted by atomic mass is 10.2. The Morgan fingerprint density at radius 1 is 1.18 bits per heavy atom. The van der Waals surface area contributed by atoms with Crippen molar-refractivity contribution in [3.63, 3.8) is 0 Å². The van der Waals surface area contributed by atoms with Crippen LogP contribution in [0.3, 0.4) is 0 Å². The topological polar surface area (TPSA) is 86.4 Å². The maximum atomic E-state index is 12.3. The number of sulfonamides is 1. The molecule has 9 heteroatoms. The van der Waals surface area contributed by atoms with Crippen LogP contribution in [0, 0.1) is 0 Å². The van der Waals surface area contributed by atoms with E-state index in [1.807, 2.05) is 28.8 Å². The molecule has 0 aliphatic carbocycles. The van der Waals surface area contributed by atoms with Gasteiger partial charge in [0.05, 0.1) is 12.0 Å². The smallest absolute Gasteiger partial charge is 0.284 e. The normalized spacial score (nSPS) is 14.4. The lowest BCUT2D eigenvalue weighted by molar-refractivity contribution is 0.415. The molecule has 1 aliphatic rings. The highest BCUT2D eigenvalue weighted by molar-refractivity contribution is 8.15. The summed E-state index contributed by atoms with van der Waals surface area (Å²) in [6.45, 7) is 4.26. The van der Waals surface area contributed by atoms with Gasteiger partial charge in [-0.1, -0.05) is 36.4 Å². The molecule has 142 valence electrons. The summed E-state index contributed by atoms with van der Waals surface area (Å²) in [6.07, 6.45) is 1.73. The SMILES string of the molecule is C=CCn1c(SC2=NS(=O)(=O)c3ccccc32)nnc1-c1cccc(OC)c1. The van der Waals surface area contributed by atoms with E-state index in [4.69, 9.17) is 4.74 Å². The molecule has 1 aromatic heterocycles.